The van der Waals surface area contributed by atoms with E-state index >= 15 is 0 Å². The number of aliphatic imine (C=N–C) groups is 1. The fourth-order valence-electron chi connectivity index (χ4n) is 1.91. The van der Waals surface area contributed by atoms with Crippen LogP contribution in [0.4, 0.5) is 21.5 Å². The van der Waals surface area contributed by atoms with Crippen LogP contribution < -0.4 is 4.90 Å². The Balaban J connectivity index is 2.69. The Morgan fingerprint density at radius 2 is 2.25 bits per heavy atom. The van der Waals surface area contributed by atoms with Gasteiger partial charge in [0.15, 0.2) is 5.71 Å². The van der Waals surface area contributed by atoms with Gasteiger partial charge in [0.05, 0.1) is 16.3 Å². The second-order valence-electron chi connectivity index (χ2n) is 4.04. The van der Waals surface area contributed by atoms with Gasteiger partial charge in [0.1, 0.15) is 12.3 Å². The fraction of sp³-hybridized carbons (Fsp3) is 0.182. The van der Waals surface area contributed by atoms with Gasteiger partial charge in [0, 0.05) is 19.2 Å². The monoisotopic (exact) mass is 281 g/mol. The molecule has 0 saturated carbocycles. The van der Waals surface area contributed by atoms with Crippen LogP contribution in [0, 0.1) is 15.9 Å². The number of nitrogens with zero attached hydrogens (tertiary/aromatic N) is 3. The Kier molecular flexibility index (Phi) is 3.18. The minimum atomic E-state index is -1.42. The lowest BCUT2D eigenvalue weighted by Gasteiger charge is -2.30. The molecule has 0 fully saturated rings. The molecule has 0 bridgehead atoms. The first-order valence-corrected chi connectivity index (χ1v) is 5.34. The molecule has 1 unspecified atom stereocenters. The molecule has 1 aromatic carbocycles. The van der Waals surface area contributed by atoms with Crippen molar-refractivity contribution in [3.05, 3.63) is 28.1 Å². The number of aliphatic carboxylic acids is 1. The Hall–Kier alpha value is -2.84. The van der Waals surface area contributed by atoms with Crippen LogP contribution in [0.1, 0.15) is 0 Å². The number of carbonyl (C=O) groups is 2. The zero-order chi connectivity index (χ0) is 15.0. The molecular weight excluding hydrogens is 273 g/mol. The highest BCUT2D eigenvalue weighted by atomic mass is 19.1. The van der Waals surface area contributed by atoms with E-state index in [1.54, 1.807) is 0 Å². The third-order valence-electron chi connectivity index (χ3n) is 2.91. The number of halogens is 1. The normalized spacial score (nSPS) is 17.2. The molecule has 1 atom stereocenters. The molecule has 0 aliphatic carbocycles. The first-order valence-electron chi connectivity index (χ1n) is 5.34. The van der Waals surface area contributed by atoms with E-state index in [-0.39, 0.29) is 11.4 Å². The Morgan fingerprint density at radius 1 is 1.60 bits per heavy atom. The highest BCUT2D eigenvalue weighted by molar-refractivity contribution is 6.42. The summed E-state index contributed by atoms with van der Waals surface area (Å²) in [7, 11) is 1.37. The number of nitro groups is 1. The van der Waals surface area contributed by atoms with E-state index in [4.69, 9.17) is 5.11 Å². The average Bonchev–Trinajstić information content (AvgIpc) is 2.37. The molecule has 8 nitrogen and oxygen atoms in total. The minimum absolute atomic E-state index is 0.0777. The maximum atomic E-state index is 13.5. The third-order valence-corrected chi connectivity index (χ3v) is 2.91. The topological polar surface area (TPSA) is 113 Å². The summed E-state index contributed by atoms with van der Waals surface area (Å²) < 4.78 is 13.5. The lowest BCUT2D eigenvalue weighted by atomic mass is 10.1. The predicted molar refractivity (Wildman–Crippen MR) is 66.0 cm³/mol. The van der Waals surface area contributed by atoms with Crippen molar-refractivity contribution in [1.82, 2.24) is 0 Å². The molecule has 1 heterocycles. The number of nitro benzene ring substituents is 1. The molecule has 1 aromatic rings. The van der Waals surface area contributed by atoms with Crippen LogP contribution in [0.15, 0.2) is 17.1 Å². The van der Waals surface area contributed by atoms with Crippen LogP contribution in [-0.2, 0) is 9.59 Å². The molecule has 104 valence electrons. The van der Waals surface area contributed by atoms with Crippen molar-refractivity contribution < 1.29 is 24.0 Å². The molecule has 9 heteroatoms. The number of anilines is 1. The zero-order valence-electron chi connectivity index (χ0n) is 10.1. The smallest absolute Gasteiger partial charge is 0.352 e. The van der Waals surface area contributed by atoms with Gasteiger partial charge in [-0.15, -0.1) is 0 Å². The summed E-state index contributed by atoms with van der Waals surface area (Å²) in [6.45, 7) is 0. The maximum absolute atomic E-state index is 13.5. The van der Waals surface area contributed by atoms with Crippen LogP contribution in [0.25, 0.3) is 0 Å². The molecular formula is C11H8FN3O5. The molecule has 1 aliphatic rings. The van der Waals surface area contributed by atoms with E-state index in [1.165, 1.54) is 11.9 Å². The zero-order valence-corrected chi connectivity index (χ0v) is 10.1. The number of benzene rings is 1. The highest BCUT2D eigenvalue weighted by Crippen LogP contribution is 2.38. The summed E-state index contributed by atoms with van der Waals surface area (Å²) in [5.74, 6) is -2.54. The molecule has 0 amide bonds. The van der Waals surface area contributed by atoms with Crippen LogP contribution in [-0.4, -0.2) is 41.1 Å². The molecule has 2 rings (SSSR count). The van der Waals surface area contributed by atoms with E-state index < -0.39 is 34.2 Å². The second kappa shape index (κ2) is 4.68. The SMILES string of the molecule is CN1c2cc([N+](=O)[O-])c(F)cc2N=C(C(=O)O)C1C=O. The van der Waals surface area contributed by atoms with Gasteiger partial charge in [-0.25, -0.2) is 9.79 Å². The van der Waals surface area contributed by atoms with Crippen LogP contribution in [0.2, 0.25) is 0 Å². The molecule has 0 radical (unpaired) electrons. The quantitative estimate of drug-likeness (QED) is 0.500. The molecule has 1 aliphatic heterocycles. The Bertz CT molecular complexity index is 658. The Morgan fingerprint density at radius 3 is 2.75 bits per heavy atom. The van der Waals surface area contributed by atoms with Gasteiger partial charge >= 0.3 is 11.7 Å². The second-order valence-corrected chi connectivity index (χ2v) is 4.04. The standard InChI is InChI=1S/C11H8FN3O5/c1-14-8-3-7(15(19)20)5(12)2-6(8)13-10(11(17)18)9(14)4-16/h2-4,9H,1H3,(H,17,18). The van der Waals surface area contributed by atoms with Crippen molar-refractivity contribution in [3.63, 3.8) is 0 Å². The van der Waals surface area contributed by atoms with E-state index in [1.807, 2.05) is 0 Å². The summed E-state index contributed by atoms with van der Waals surface area (Å²) in [6, 6.07) is 0.502. The van der Waals surface area contributed by atoms with Gasteiger partial charge < -0.3 is 14.8 Å². The van der Waals surface area contributed by atoms with E-state index in [2.05, 4.69) is 4.99 Å². The lowest BCUT2D eigenvalue weighted by molar-refractivity contribution is -0.387. The fourth-order valence-corrected chi connectivity index (χ4v) is 1.91. The summed E-state index contributed by atoms with van der Waals surface area (Å²) >= 11 is 0. The average molecular weight is 281 g/mol. The van der Waals surface area contributed by atoms with Gasteiger partial charge in [-0.05, 0) is 0 Å². The lowest BCUT2D eigenvalue weighted by Crippen LogP contribution is -2.45. The molecule has 20 heavy (non-hydrogen) atoms. The van der Waals surface area contributed by atoms with Crippen LogP contribution in [0.5, 0.6) is 0 Å². The number of carboxylic acid groups (broad SMARTS) is 1. The first-order chi connectivity index (χ1) is 9.36. The van der Waals surface area contributed by atoms with Gasteiger partial charge in [-0.3, -0.25) is 10.1 Å². The van der Waals surface area contributed by atoms with Crippen molar-refractivity contribution in [1.29, 1.82) is 0 Å². The van der Waals surface area contributed by atoms with Crippen molar-refractivity contribution in [2.45, 2.75) is 6.04 Å². The van der Waals surface area contributed by atoms with E-state index in [9.17, 15) is 24.1 Å². The van der Waals surface area contributed by atoms with Crippen molar-refractivity contribution in [2.24, 2.45) is 4.99 Å². The highest BCUT2D eigenvalue weighted by Gasteiger charge is 2.33. The number of carboxylic acids is 1. The largest absolute Gasteiger partial charge is 0.477 e. The third kappa shape index (κ3) is 1.98. The summed E-state index contributed by atoms with van der Waals surface area (Å²) in [5, 5.41) is 19.7. The molecule has 0 aromatic heterocycles. The number of rotatable bonds is 3. The summed E-state index contributed by atoms with van der Waals surface area (Å²) in [6.07, 6.45) is 0.352. The van der Waals surface area contributed by atoms with E-state index in [0.717, 1.165) is 12.1 Å². The molecule has 0 saturated heterocycles. The predicted octanol–water partition coefficient (Wildman–Crippen LogP) is 0.908. The number of fused-ring (bicyclic) bond motifs is 1. The summed E-state index contributed by atoms with van der Waals surface area (Å²) in [5.41, 5.74) is -1.20. The van der Waals surface area contributed by atoms with Gasteiger partial charge in [0.25, 0.3) is 0 Å². The number of carbonyl (C=O) groups excluding carboxylic acids is 1. The Labute approximate surface area is 111 Å². The molecule has 0 spiro atoms. The van der Waals surface area contributed by atoms with Gasteiger partial charge in [-0.1, -0.05) is 0 Å². The number of aldehydes is 1. The van der Waals surface area contributed by atoms with E-state index in [0.29, 0.717) is 6.29 Å². The van der Waals surface area contributed by atoms with Gasteiger partial charge in [-0.2, -0.15) is 4.39 Å². The van der Waals surface area contributed by atoms with Crippen molar-refractivity contribution in [2.75, 3.05) is 11.9 Å². The minimum Gasteiger partial charge on any atom is -0.477 e. The van der Waals surface area contributed by atoms with Crippen molar-refractivity contribution >= 4 is 35.0 Å². The number of hydrogen-bond donors (Lipinski definition) is 1. The van der Waals surface area contributed by atoms with Crippen molar-refractivity contribution in [3.8, 4) is 0 Å². The maximum Gasteiger partial charge on any atom is 0.352 e. The van der Waals surface area contributed by atoms with Crippen LogP contribution in [0.3, 0.4) is 0 Å². The van der Waals surface area contributed by atoms with Crippen LogP contribution >= 0.6 is 0 Å². The number of likely N-dealkylation sites (N-methyl/N-ethyl adjacent to an activating group) is 1. The summed E-state index contributed by atoms with van der Waals surface area (Å²) in [4.78, 5) is 36.7. The molecule has 1 N–H and O–H groups in total. The first kappa shape index (κ1) is 13.6. The number of hydrogen-bond acceptors (Lipinski definition) is 6. The van der Waals surface area contributed by atoms with Gasteiger partial charge in [0.2, 0.25) is 5.82 Å².